The molecule has 0 aliphatic rings. The van der Waals surface area contributed by atoms with E-state index < -0.39 is 6.10 Å². The molecule has 0 spiro atoms. The highest BCUT2D eigenvalue weighted by Crippen LogP contribution is 2.16. The fourth-order valence-corrected chi connectivity index (χ4v) is 7.49. The zero-order valence-electron chi connectivity index (χ0n) is 38.2. The fourth-order valence-electron chi connectivity index (χ4n) is 7.49. The van der Waals surface area contributed by atoms with Gasteiger partial charge in [-0.05, 0) is 38.5 Å². The third-order valence-corrected chi connectivity index (χ3v) is 11.3. The molecule has 1 atom stereocenters. The molecule has 0 fully saturated rings. The van der Waals surface area contributed by atoms with Crippen LogP contribution in [-0.2, 0) is 23.8 Å². The van der Waals surface area contributed by atoms with Crippen LogP contribution >= 0.6 is 0 Å². The zero-order chi connectivity index (χ0) is 40.7. The molecule has 5 heteroatoms. The first kappa shape index (κ1) is 54.6. The van der Waals surface area contributed by atoms with Gasteiger partial charge in [0.1, 0.15) is 6.61 Å². The minimum absolute atomic E-state index is 0.0919. The number of ether oxygens (including phenoxy) is 3. The first-order valence-electron chi connectivity index (χ1n) is 25.2. The molecule has 0 aromatic heterocycles. The Morgan fingerprint density at radius 2 is 0.714 bits per heavy atom. The Kier molecular flexibility index (Phi) is 46.8. The highest BCUT2D eigenvalue weighted by Gasteiger charge is 2.17. The molecule has 5 nitrogen and oxygen atoms in total. The van der Waals surface area contributed by atoms with Gasteiger partial charge in [-0.15, -0.1) is 0 Å². The van der Waals surface area contributed by atoms with Crippen molar-refractivity contribution >= 4 is 11.9 Å². The van der Waals surface area contributed by atoms with Crippen LogP contribution in [0.4, 0.5) is 0 Å². The van der Waals surface area contributed by atoms with Gasteiger partial charge in [0.15, 0.2) is 6.10 Å². The van der Waals surface area contributed by atoms with Gasteiger partial charge < -0.3 is 14.2 Å². The topological polar surface area (TPSA) is 61.8 Å². The monoisotopic (exact) mass is 791 g/mol. The normalized spacial score (nSPS) is 12.1. The number of allylic oxidation sites excluding steroid dienone is 2. The first-order valence-corrected chi connectivity index (χ1v) is 25.2. The molecule has 0 amide bonds. The van der Waals surface area contributed by atoms with Crippen molar-refractivity contribution < 1.29 is 23.8 Å². The van der Waals surface area contributed by atoms with Crippen LogP contribution < -0.4 is 0 Å². The molecule has 0 saturated heterocycles. The lowest BCUT2D eigenvalue weighted by atomic mass is 10.0. The van der Waals surface area contributed by atoms with Crippen molar-refractivity contribution in [2.45, 2.75) is 284 Å². The molecule has 332 valence electrons. The van der Waals surface area contributed by atoms with E-state index in [4.69, 9.17) is 14.2 Å². The van der Waals surface area contributed by atoms with Crippen LogP contribution in [-0.4, -0.2) is 37.9 Å². The molecule has 0 rings (SSSR count). The summed E-state index contributed by atoms with van der Waals surface area (Å²) in [6.45, 7) is 7.83. The quantitative estimate of drug-likeness (QED) is 0.0349. The number of carbonyl (C=O) groups is 2. The van der Waals surface area contributed by atoms with Crippen molar-refractivity contribution in [3.05, 3.63) is 12.2 Å². The maximum atomic E-state index is 12.7. The molecule has 0 heterocycles. The molecule has 0 radical (unpaired) electrons. The van der Waals surface area contributed by atoms with Gasteiger partial charge in [0, 0.05) is 19.4 Å². The van der Waals surface area contributed by atoms with E-state index in [0.29, 0.717) is 26.1 Å². The second kappa shape index (κ2) is 48.0. The van der Waals surface area contributed by atoms with E-state index in [0.717, 1.165) is 38.5 Å². The summed E-state index contributed by atoms with van der Waals surface area (Å²) in [5.74, 6) is -0.382. The van der Waals surface area contributed by atoms with Gasteiger partial charge in [0.2, 0.25) is 0 Å². The van der Waals surface area contributed by atoms with E-state index in [9.17, 15) is 9.59 Å². The van der Waals surface area contributed by atoms with Crippen LogP contribution in [0.3, 0.4) is 0 Å². The van der Waals surface area contributed by atoms with Gasteiger partial charge in [-0.25, -0.2) is 0 Å². The molecular weight excluding hydrogens is 693 g/mol. The summed E-state index contributed by atoms with van der Waals surface area (Å²) in [6, 6.07) is 0. The second-order valence-corrected chi connectivity index (χ2v) is 17.1. The zero-order valence-corrected chi connectivity index (χ0v) is 38.2. The van der Waals surface area contributed by atoms with Crippen LogP contribution in [0.25, 0.3) is 0 Å². The molecule has 0 N–H and O–H groups in total. The lowest BCUT2D eigenvalue weighted by molar-refractivity contribution is -0.163. The predicted octanol–water partition coefficient (Wildman–Crippen LogP) is 16.7. The van der Waals surface area contributed by atoms with Crippen LogP contribution in [0.15, 0.2) is 12.2 Å². The maximum absolute atomic E-state index is 12.7. The molecule has 56 heavy (non-hydrogen) atoms. The molecule has 0 aliphatic heterocycles. The van der Waals surface area contributed by atoms with Crippen molar-refractivity contribution in [2.24, 2.45) is 0 Å². The minimum atomic E-state index is -0.528. The number of unbranched alkanes of at least 4 members (excludes halogenated alkanes) is 34. The smallest absolute Gasteiger partial charge is 0.306 e. The van der Waals surface area contributed by atoms with Gasteiger partial charge in [0.05, 0.1) is 6.61 Å². The SMILES string of the molecule is CCCC/C=C\CCCCCCCCOCC(COC(=O)CCCCCCCCCCCCCCCCCCC)OC(=O)CCCCCCCCCCCCC. The minimum Gasteiger partial charge on any atom is -0.462 e. The number of rotatable bonds is 47. The Bertz CT molecular complexity index is 810. The standard InChI is InChI=1S/C51H98O5/c1-4-7-10-13-16-19-22-24-25-26-27-28-30-32-35-38-41-44-50(52)55-48-49(47-54-46-43-40-37-34-31-23-20-17-14-11-8-5-2)56-51(53)45-42-39-36-33-29-21-18-15-12-9-6-3/h14,17,49H,4-13,15-16,18-48H2,1-3H3/b17-14-. The number of carbonyl (C=O) groups excluding carboxylic acids is 2. The van der Waals surface area contributed by atoms with Crippen molar-refractivity contribution in [2.75, 3.05) is 19.8 Å². The summed E-state index contributed by atoms with van der Waals surface area (Å²) in [5.41, 5.74) is 0. The van der Waals surface area contributed by atoms with Gasteiger partial charge in [-0.3, -0.25) is 9.59 Å². The van der Waals surface area contributed by atoms with Crippen molar-refractivity contribution in [1.82, 2.24) is 0 Å². The summed E-state index contributed by atoms with van der Waals surface area (Å²) >= 11 is 0. The molecule has 0 aromatic rings. The van der Waals surface area contributed by atoms with Gasteiger partial charge in [-0.2, -0.15) is 0 Å². The van der Waals surface area contributed by atoms with Gasteiger partial charge >= 0.3 is 11.9 Å². The lowest BCUT2D eigenvalue weighted by Crippen LogP contribution is -2.30. The number of esters is 2. The largest absolute Gasteiger partial charge is 0.462 e. The average molecular weight is 791 g/mol. The summed E-state index contributed by atoms with van der Waals surface area (Å²) in [5, 5.41) is 0. The average Bonchev–Trinajstić information content (AvgIpc) is 3.20. The van der Waals surface area contributed by atoms with E-state index in [2.05, 4.69) is 32.9 Å². The molecule has 0 saturated carbocycles. The summed E-state index contributed by atoms with van der Waals surface area (Å²) in [6.07, 6.45) is 53.5. The van der Waals surface area contributed by atoms with E-state index in [-0.39, 0.29) is 18.5 Å². The van der Waals surface area contributed by atoms with Crippen molar-refractivity contribution in [1.29, 1.82) is 0 Å². The Morgan fingerprint density at radius 1 is 0.375 bits per heavy atom. The van der Waals surface area contributed by atoms with E-state index in [1.54, 1.807) is 0 Å². The lowest BCUT2D eigenvalue weighted by Gasteiger charge is -2.18. The Labute approximate surface area is 350 Å². The Balaban J connectivity index is 4.16. The maximum Gasteiger partial charge on any atom is 0.306 e. The third kappa shape index (κ3) is 45.3. The number of hydrogen-bond acceptors (Lipinski definition) is 5. The Morgan fingerprint density at radius 3 is 1.14 bits per heavy atom. The van der Waals surface area contributed by atoms with Crippen molar-refractivity contribution in [3.8, 4) is 0 Å². The van der Waals surface area contributed by atoms with Crippen molar-refractivity contribution in [3.63, 3.8) is 0 Å². The van der Waals surface area contributed by atoms with E-state index in [1.165, 1.54) is 205 Å². The number of hydrogen-bond donors (Lipinski definition) is 0. The first-order chi connectivity index (χ1) is 27.6. The van der Waals surface area contributed by atoms with Crippen LogP contribution in [0.2, 0.25) is 0 Å². The summed E-state index contributed by atoms with van der Waals surface area (Å²) in [4.78, 5) is 25.3. The second-order valence-electron chi connectivity index (χ2n) is 17.1. The summed E-state index contributed by atoms with van der Waals surface area (Å²) in [7, 11) is 0. The van der Waals surface area contributed by atoms with Crippen LogP contribution in [0.5, 0.6) is 0 Å². The third-order valence-electron chi connectivity index (χ3n) is 11.3. The predicted molar refractivity (Wildman–Crippen MR) is 242 cm³/mol. The highest BCUT2D eigenvalue weighted by atomic mass is 16.6. The Hall–Kier alpha value is -1.36. The van der Waals surface area contributed by atoms with E-state index in [1.807, 2.05) is 0 Å². The summed E-state index contributed by atoms with van der Waals surface area (Å²) < 4.78 is 17.4. The van der Waals surface area contributed by atoms with Crippen LogP contribution in [0, 0.1) is 0 Å². The highest BCUT2D eigenvalue weighted by molar-refractivity contribution is 5.70. The molecule has 1 unspecified atom stereocenters. The van der Waals surface area contributed by atoms with Crippen LogP contribution in [0.1, 0.15) is 278 Å². The van der Waals surface area contributed by atoms with Gasteiger partial charge in [0.25, 0.3) is 0 Å². The molecular formula is C51H98O5. The molecule has 0 aliphatic carbocycles. The fraction of sp³-hybridized carbons (Fsp3) is 0.922. The van der Waals surface area contributed by atoms with E-state index >= 15 is 0 Å². The molecule has 0 bridgehead atoms. The van der Waals surface area contributed by atoms with Gasteiger partial charge in [-0.1, -0.05) is 238 Å². The molecule has 0 aromatic carbocycles.